The van der Waals surface area contributed by atoms with Gasteiger partial charge in [0.2, 0.25) is 0 Å². The first-order valence-corrected chi connectivity index (χ1v) is 9.27. The lowest BCUT2D eigenvalue weighted by molar-refractivity contribution is 0.306. The van der Waals surface area contributed by atoms with Crippen LogP contribution in [0.2, 0.25) is 5.02 Å². The molecular weight excluding hydrogens is 330 g/mol. The molecule has 0 radical (unpaired) electrons. The number of rotatable bonds is 6. The van der Waals surface area contributed by atoms with Crippen LogP contribution in [0.1, 0.15) is 37.8 Å². The molecule has 3 rings (SSSR count). The minimum Gasteiger partial charge on any atom is -0.489 e. The molecule has 2 aromatic rings. The fourth-order valence-corrected chi connectivity index (χ4v) is 3.21. The minimum absolute atomic E-state index is 0.338. The molecule has 1 atom stereocenters. The summed E-state index contributed by atoms with van der Waals surface area (Å²) in [5.41, 5.74) is 2.57. The third-order valence-corrected chi connectivity index (χ3v) is 5.07. The van der Waals surface area contributed by atoms with Crippen LogP contribution in [-0.4, -0.2) is 6.04 Å². The minimum atomic E-state index is 0.338. The molecule has 3 heteroatoms. The van der Waals surface area contributed by atoms with Gasteiger partial charge in [0.15, 0.2) is 0 Å². The Kier molecular flexibility index (Phi) is 5.82. The maximum atomic E-state index is 6.18. The topological polar surface area (TPSA) is 21.3 Å². The smallest absolute Gasteiger partial charge is 0.120 e. The Morgan fingerprint density at radius 2 is 2.00 bits per heavy atom. The van der Waals surface area contributed by atoms with Gasteiger partial charge in [0.1, 0.15) is 12.4 Å². The summed E-state index contributed by atoms with van der Waals surface area (Å²) in [5.74, 6) is 0.875. The predicted octanol–water partition coefficient (Wildman–Crippen LogP) is 5.75. The zero-order chi connectivity index (χ0) is 17.7. The zero-order valence-electron chi connectivity index (χ0n) is 15.0. The molecule has 0 aliphatic heterocycles. The van der Waals surface area contributed by atoms with Crippen LogP contribution in [0.25, 0.3) is 0 Å². The van der Waals surface area contributed by atoms with Gasteiger partial charge in [-0.05, 0) is 42.0 Å². The van der Waals surface area contributed by atoms with Crippen LogP contribution in [0.3, 0.4) is 0 Å². The summed E-state index contributed by atoms with van der Waals surface area (Å²) in [7, 11) is 0. The highest BCUT2D eigenvalue weighted by Gasteiger charge is 2.20. The number of halogens is 1. The molecule has 0 aromatic heterocycles. The molecule has 1 aliphatic carbocycles. The van der Waals surface area contributed by atoms with Crippen LogP contribution < -0.4 is 10.1 Å². The Hall–Kier alpha value is -1.77. The van der Waals surface area contributed by atoms with Gasteiger partial charge in [-0.15, -0.1) is 0 Å². The van der Waals surface area contributed by atoms with E-state index in [0.717, 1.165) is 22.9 Å². The molecule has 0 heterocycles. The van der Waals surface area contributed by atoms with Crippen LogP contribution in [0.4, 0.5) is 0 Å². The van der Waals surface area contributed by atoms with Crippen molar-refractivity contribution in [2.45, 2.75) is 45.9 Å². The lowest BCUT2D eigenvalue weighted by atomic mass is 9.81. The molecule has 0 spiro atoms. The van der Waals surface area contributed by atoms with Gasteiger partial charge in [-0.3, -0.25) is 0 Å². The van der Waals surface area contributed by atoms with E-state index < -0.39 is 0 Å². The van der Waals surface area contributed by atoms with Gasteiger partial charge in [-0.2, -0.15) is 0 Å². The van der Waals surface area contributed by atoms with Crippen LogP contribution in [-0.2, 0) is 13.2 Å². The van der Waals surface area contributed by atoms with Crippen LogP contribution in [0.5, 0.6) is 5.75 Å². The summed E-state index contributed by atoms with van der Waals surface area (Å²) < 4.78 is 5.91. The number of hydrogen-bond donors (Lipinski definition) is 1. The van der Waals surface area contributed by atoms with Gasteiger partial charge in [-0.25, -0.2) is 0 Å². The Bertz CT molecular complexity index is 738. The average Bonchev–Trinajstić information content (AvgIpc) is 2.60. The summed E-state index contributed by atoms with van der Waals surface area (Å²) in [6, 6.07) is 16.5. The van der Waals surface area contributed by atoms with E-state index >= 15 is 0 Å². The summed E-state index contributed by atoms with van der Waals surface area (Å²) >= 11 is 6.18. The summed E-state index contributed by atoms with van der Waals surface area (Å²) in [4.78, 5) is 0. The molecule has 0 amide bonds. The second-order valence-electron chi connectivity index (χ2n) is 7.40. The standard InChI is InChI=1S/C22H26ClNO/c1-22(2)12-10-19(11-13-22)24-15-17-6-5-8-20(14-17)25-16-18-7-3-4-9-21(18)23/h3-10,12,14,19,24H,11,13,15-16H2,1-2H3. The molecule has 1 aliphatic rings. The normalized spacial score (nSPS) is 18.9. The maximum Gasteiger partial charge on any atom is 0.120 e. The van der Waals surface area contributed by atoms with E-state index in [0.29, 0.717) is 18.1 Å². The first-order valence-electron chi connectivity index (χ1n) is 8.90. The van der Waals surface area contributed by atoms with Gasteiger partial charge in [0.25, 0.3) is 0 Å². The van der Waals surface area contributed by atoms with Crippen LogP contribution in [0, 0.1) is 5.41 Å². The second-order valence-corrected chi connectivity index (χ2v) is 7.81. The van der Waals surface area contributed by atoms with Crippen LogP contribution in [0.15, 0.2) is 60.7 Å². The van der Waals surface area contributed by atoms with Crippen molar-refractivity contribution in [2.75, 3.05) is 0 Å². The van der Waals surface area contributed by atoms with Crippen molar-refractivity contribution in [1.82, 2.24) is 5.32 Å². The molecule has 1 N–H and O–H groups in total. The Morgan fingerprint density at radius 3 is 2.76 bits per heavy atom. The maximum absolute atomic E-state index is 6.18. The van der Waals surface area contributed by atoms with Crippen molar-refractivity contribution in [3.8, 4) is 5.75 Å². The summed E-state index contributed by atoms with van der Waals surface area (Å²) in [5, 5.41) is 4.37. The van der Waals surface area contributed by atoms with E-state index in [1.54, 1.807) is 0 Å². The van der Waals surface area contributed by atoms with Crippen LogP contribution >= 0.6 is 11.6 Å². The molecule has 0 bridgehead atoms. The Morgan fingerprint density at radius 1 is 1.16 bits per heavy atom. The SMILES string of the molecule is CC1(C)C=CC(NCc2cccc(OCc3ccccc3Cl)c2)CC1. The molecule has 2 nitrogen and oxygen atoms in total. The van der Waals surface area contributed by atoms with E-state index in [2.05, 4.69) is 43.4 Å². The first kappa shape index (κ1) is 18.0. The van der Waals surface area contributed by atoms with Gasteiger partial charge in [0.05, 0.1) is 0 Å². The predicted molar refractivity (Wildman–Crippen MR) is 105 cm³/mol. The third-order valence-electron chi connectivity index (χ3n) is 4.70. The van der Waals surface area contributed by atoms with Crippen molar-refractivity contribution in [2.24, 2.45) is 5.41 Å². The van der Waals surface area contributed by atoms with Crippen molar-refractivity contribution >= 4 is 11.6 Å². The average molecular weight is 356 g/mol. The molecule has 0 saturated carbocycles. The van der Waals surface area contributed by atoms with Gasteiger partial charge in [-0.1, -0.05) is 67.9 Å². The lowest BCUT2D eigenvalue weighted by Gasteiger charge is -2.29. The number of benzene rings is 2. The highest BCUT2D eigenvalue weighted by Crippen LogP contribution is 2.29. The molecule has 2 aromatic carbocycles. The van der Waals surface area contributed by atoms with Gasteiger partial charge >= 0.3 is 0 Å². The Labute approximate surface area is 155 Å². The van der Waals surface area contributed by atoms with Crippen molar-refractivity contribution in [3.05, 3.63) is 76.8 Å². The summed E-state index contributed by atoms with van der Waals surface area (Å²) in [6.07, 6.45) is 7.05. The third kappa shape index (κ3) is 5.35. The molecule has 25 heavy (non-hydrogen) atoms. The monoisotopic (exact) mass is 355 g/mol. The van der Waals surface area contributed by atoms with E-state index in [-0.39, 0.29) is 0 Å². The molecule has 0 saturated heterocycles. The number of ether oxygens (including phenoxy) is 1. The van der Waals surface area contributed by atoms with Gasteiger partial charge in [0, 0.05) is 23.2 Å². The highest BCUT2D eigenvalue weighted by molar-refractivity contribution is 6.31. The number of nitrogens with one attached hydrogen (secondary N) is 1. The highest BCUT2D eigenvalue weighted by atomic mass is 35.5. The molecular formula is C22H26ClNO. The summed E-state index contributed by atoms with van der Waals surface area (Å²) in [6.45, 7) is 5.91. The number of hydrogen-bond acceptors (Lipinski definition) is 2. The van der Waals surface area contributed by atoms with Crippen molar-refractivity contribution in [3.63, 3.8) is 0 Å². The second kappa shape index (κ2) is 8.07. The molecule has 1 unspecified atom stereocenters. The quantitative estimate of drug-likeness (QED) is 0.666. The van der Waals surface area contributed by atoms with E-state index in [1.807, 2.05) is 36.4 Å². The largest absolute Gasteiger partial charge is 0.489 e. The zero-order valence-corrected chi connectivity index (χ0v) is 15.7. The lowest BCUT2D eigenvalue weighted by Crippen LogP contribution is -2.31. The van der Waals surface area contributed by atoms with E-state index in [4.69, 9.17) is 16.3 Å². The van der Waals surface area contributed by atoms with Crippen molar-refractivity contribution in [1.29, 1.82) is 0 Å². The Balaban J connectivity index is 1.54. The van der Waals surface area contributed by atoms with E-state index in [1.165, 1.54) is 18.4 Å². The fraction of sp³-hybridized carbons (Fsp3) is 0.364. The molecule has 132 valence electrons. The molecule has 0 fully saturated rings. The first-order chi connectivity index (χ1) is 12.0. The number of allylic oxidation sites excluding steroid dienone is 1. The fourth-order valence-electron chi connectivity index (χ4n) is 3.02. The van der Waals surface area contributed by atoms with E-state index in [9.17, 15) is 0 Å². The van der Waals surface area contributed by atoms with Crippen molar-refractivity contribution < 1.29 is 4.74 Å². The van der Waals surface area contributed by atoms with Gasteiger partial charge < -0.3 is 10.1 Å².